The number of rotatable bonds is 3. The van der Waals surface area contributed by atoms with Crippen LogP contribution in [0.15, 0.2) is 9.32 Å². The fourth-order valence-corrected chi connectivity index (χ4v) is 2.52. The van der Waals surface area contributed by atoms with Crippen LogP contribution in [0.2, 0.25) is 0 Å². The number of ether oxygens (including phenoxy) is 1. The minimum atomic E-state index is -0.618. The first-order valence-corrected chi connectivity index (χ1v) is 7.08. The molecule has 0 saturated carbocycles. The van der Waals surface area contributed by atoms with Gasteiger partial charge in [-0.15, -0.1) is 0 Å². The lowest BCUT2D eigenvalue weighted by molar-refractivity contribution is -0.149. The molecule has 2 heterocycles. The van der Waals surface area contributed by atoms with Crippen molar-refractivity contribution >= 4 is 11.9 Å². The maximum atomic E-state index is 12.4. The first-order valence-electron chi connectivity index (χ1n) is 7.08. The zero-order chi connectivity index (χ0) is 15.6. The van der Waals surface area contributed by atoms with E-state index in [9.17, 15) is 14.4 Å². The molecule has 1 aliphatic heterocycles. The molecule has 2 rings (SSSR count). The van der Waals surface area contributed by atoms with Crippen LogP contribution < -0.4 is 5.63 Å². The summed E-state index contributed by atoms with van der Waals surface area (Å²) in [5.41, 5.74) is -0.0304. The third-order valence-corrected chi connectivity index (χ3v) is 3.87. The number of esters is 1. The predicted molar refractivity (Wildman–Crippen MR) is 73.9 cm³/mol. The largest absolute Gasteiger partial charge is 0.466 e. The molecule has 0 N–H and O–H groups in total. The SMILES string of the molecule is CCOC(=O)C1CCN(C(=O)c2c(C)n(C)oc2=O)CC1. The quantitative estimate of drug-likeness (QED) is 0.767. The van der Waals surface area contributed by atoms with Crippen molar-refractivity contribution in [3.05, 3.63) is 21.7 Å². The molecular weight excluding hydrogens is 276 g/mol. The minimum absolute atomic E-state index is 0.0760. The highest BCUT2D eigenvalue weighted by Crippen LogP contribution is 2.20. The van der Waals surface area contributed by atoms with Crippen LogP contribution in [0.4, 0.5) is 0 Å². The van der Waals surface area contributed by atoms with Crippen LogP contribution in [0.5, 0.6) is 0 Å². The van der Waals surface area contributed by atoms with Gasteiger partial charge in [-0.1, -0.05) is 0 Å². The summed E-state index contributed by atoms with van der Waals surface area (Å²) in [7, 11) is 1.58. The average Bonchev–Trinajstić information content (AvgIpc) is 2.72. The monoisotopic (exact) mass is 296 g/mol. The number of hydrogen-bond acceptors (Lipinski definition) is 5. The lowest BCUT2D eigenvalue weighted by atomic mass is 9.96. The van der Waals surface area contributed by atoms with Crippen LogP contribution in [-0.2, 0) is 16.6 Å². The van der Waals surface area contributed by atoms with Gasteiger partial charge in [0.15, 0.2) is 0 Å². The fraction of sp³-hybridized carbons (Fsp3) is 0.643. The predicted octanol–water partition coefficient (Wildman–Crippen LogP) is 0.702. The van der Waals surface area contributed by atoms with Gasteiger partial charge in [-0.25, -0.2) is 9.53 Å². The first-order chi connectivity index (χ1) is 9.95. The van der Waals surface area contributed by atoms with E-state index in [1.807, 2.05) is 0 Å². The van der Waals surface area contributed by atoms with E-state index >= 15 is 0 Å². The Morgan fingerprint density at radius 3 is 2.43 bits per heavy atom. The van der Waals surface area contributed by atoms with Crippen LogP contribution >= 0.6 is 0 Å². The number of amides is 1. The van der Waals surface area contributed by atoms with Gasteiger partial charge in [0.1, 0.15) is 5.56 Å². The molecule has 1 aromatic rings. The Bertz CT molecular complexity index is 593. The first kappa shape index (κ1) is 15.3. The van der Waals surface area contributed by atoms with Crippen molar-refractivity contribution in [3.63, 3.8) is 0 Å². The van der Waals surface area contributed by atoms with Crippen molar-refractivity contribution in [3.8, 4) is 0 Å². The lowest BCUT2D eigenvalue weighted by Gasteiger charge is -2.30. The number of carbonyl (C=O) groups is 2. The molecule has 7 heteroatoms. The number of aryl methyl sites for hydroxylation is 1. The Labute approximate surface area is 122 Å². The average molecular weight is 296 g/mol. The second-order valence-corrected chi connectivity index (χ2v) is 5.16. The van der Waals surface area contributed by atoms with Crippen molar-refractivity contribution in [1.82, 2.24) is 9.64 Å². The van der Waals surface area contributed by atoms with E-state index < -0.39 is 5.63 Å². The molecule has 0 bridgehead atoms. The highest BCUT2D eigenvalue weighted by Gasteiger charge is 2.31. The van der Waals surface area contributed by atoms with Crippen LogP contribution in [0.3, 0.4) is 0 Å². The van der Waals surface area contributed by atoms with E-state index in [1.165, 1.54) is 4.74 Å². The zero-order valence-electron chi connectivity index (χ0n) is 12.5. The van der Waals surface area contributed by atoms with Crippen molar-refractivity contribution < 1.29 is 18.8 Å². The summed E-state index contributed by atoms with van der Waals surface area (Å²) in [6.07, 6.45) is 1.11. The highest BCUT2D eigenvalue weighted by molar-refractivity contribution is 5.95. The van der Waals surface area contributed by atoms with E-state index in [2.05, 4.69) is 0 Å². The topological polar surface area (TPSA) is 81.8 Å². The summed E-state index contributed by atoms with van der Waals surface area (Å²) in [5, 5.41) is 0. The number of likely N-dealkylation sites (tertiary alicyclic amines) is 1. The maximum Gasteiger partial charge on any atom is 0.370 e. The van der Waals surface area contributed by atoms with Crippen LogP contribution in [0.25, 0.3) is 0 Å². The molecular formula is C14H20N2O5. The van der Waals surface area contributed by atoms with Gasteiger partial charge in [0, 0.05) is 20.1 Å². The number of nitrogens with zero attached hydrogens (tertiary/aromatic N) is 2. The van der Waals surface area contributed by atoms with Crippen LogP contribution in [0.1, 0.15) is 35.8 Å². The molecule has 0 spiro atoms. The zero-order valence-corrected chi connectivity index (χ0v) is 12.5. The molecule has 7 nitrogen and oxygen atoms in total. The minimum Gasteiger partial charge on any atom is -0.466 e. The Kier molecular flexibility index (Phi) is 4.50. The van der Waals surface area contributed by atoms with Gasteiger partial charge < -0.3 is 14.2 Å². The standard InChI is InChI=1S/C14H20N2O5/c1-4-20-13(18)10-5-7-16(8-6-10)12(17)11-9(2)15(3)21-14(11)19/h10H,4-8H2,1-3H3. The third-order valence-electron chi connectivity index (χ3n) is 3.87. The van der Waals surface area contributed by atoms with E-state index in [4.69, 9.17) is 9.26 Å². The molecule has 0 unspecified atom stereocenters. The molecule has 1 aliphatic rings. The molecule has 0 radical (unpaired) electrons. The van der Waals surface area contributed by atoms with Gasteiger partial charge in [-0.3, -0.25) is 9.59 Å². The summed E-state index contributed by atoms with van der Waals surface area (Å²) >= 11 is 0. The van der Waals surface area contributed by atoms with Crippen molar-refractivity contribution in [2.24, 2.45) is 13.0 Å². The number of piperidine rings is 1. The van der Waals surface area contributed by atoms with Gasteiger partial charge in [0.05, 0.1) is 18.2 Å². The Balaban J connectivity index is 2.04. The van der Waals surface area contributed by atoms with E-state index in [1.54, 1.807) is 25.8 Å². The number of aromatic nitrogens is 1. The van der Waals surface area contributed by atoms with Crippen LogP contribution in [0, 0.1) is 12.8 Å². The normalized spacial score (nSPS) is 16.0. The number of hydrogen-bond donors (Lipinski definition) is 0. The summed E-state index contributed by atoms with van der Waals surface area (Å²) in [6, 6.07) is 0. The van der Waals surface area contributed by atoms with Gasteiger partial charge in [0.2, 0.25) is 0 Å². The second-order valence-electron chi connectivity index (χ2n) is 5.16. The Hall–Kier alpha value is -2.05. The molecule has 1 fully saturated rings. The van der Waals surface area contributed by atoms with Crippen molar-refractivity contribution in [2.45, 2.75) is 26.7 Å². The van der Waals surface area contributed by atoms with E-state index in [0.29, 0.717) is 38.2 Å². The Morgan fingerprint density at radius 2 is 1.95 bits per heavy atom. The smallest absolute Gasteiger partial charge is 0.370 e. The van der Waals surface area contributed by atoms with E-state index in [-0.39, 0.29) is 23.4 Å². The summed E-state index contributed by atoms with van der Waals surface area (Å²) in [4.78, 5) is 37.3. The molecule has 1 amide bonds. The van der Waals surface area contributed by atoms with Gasteiger partial charge in [-0.05, 0) is 26.7 Å². The highest BCUT2D eigenvalue weighted by atomic mass is 16.5. The molecule has 116 valence electrons. The molecule has 1 saturated heterocycles. The molecule has 21 heavy (non-hydrogen) atoms. The lowest BCUT2D eigenvalue weighted by Crippen LogP contribution is -2.42. The van der Waals surface area contributed by atoms with E-state index in [0.717, 1.165) is 0 Å². The number of carbonyl (C=O) groups excluding carboxylic acids is 2. The fourth-order valence-electron chi connectivity index (χ4n) is 2.52. The van der Waals surface area contributed by atoms with Crippen LogP contribution in [-0.4, -0.2) is 41.2 Å². The summed E-state index contributed by atoms with van der Waals surface area (Å²) in [6.45, 7) is 4.69. The van der Waals surface area contributed by atoms with Crippen molar-refractivity contribution in [2.75, 3.05) is 19.7 Å². The molecule has 1 aromatic heterocycles. The van der Waals surface area contributed by atoms with Gasteiger partial charge in [-0.2, -0.15) is 0 Å². The second kappa shape index (κ2) is 6.15. The molecule has 0 aliphatic carbocycles. The maximum absolute atomic E-state index is 12.4. The van der Waals surface area contributed by atoms with Gasteiger partial charge in [0.25, 0.3) is 5.91 Å². The van der Waals surface area contributed by atoms with Gasteiger partial charge >= 0.3 is 11.6 Å². The molecule has 0 aromatic carbocycles. The Morgan fingerprint density at radius 1 is 1.33 bits per heavy atom. The molecule has 0 atom stereocenters. The summed E-state index contributed by atoms with van der Waals surface area (Å²) in [5.74, 6) is -0.702. The van der Waals surface area contributed by atoms with Crippen molar-refractivity contribution in [1.29, 1.82) is 0 Å². The third kappa shape index (κ3) is 3.01. The summed E-state index contributed by atoms with van der Waals surface area (Å²) < 4.78 is 11.2.